The summed E-state index contributed by atoms with van der Waals surface area (Å²) in [4.78, 5) is 2.27. The molecule has 0 aromatic heterocycles. The van der Waals surface area contributed by atoms with Crippen LogP contribution in [0.3, 0.4) is 0 Å². The van der Waals surface area contributed by atoms with Crippen molar-refractivity contribution in [2.24, 2.45) is 0 Å². The minimum atomic E-state index is -0.550. The maximum atomic E-state index is 10.00. The van der Waals surface area contributed by atoms with Crippen molar-refractivity contribution in [3.63, 3.8) is 0 Å². The van der Waals surface area contributed by atoms with Crippen LogP contribution in [0.25, 0.3) is 0 Å². The van der Waals surface area contributed by atoms with Gasteiger partial charge in [0.1, 0.15) is 5.75 Å². The molecule has 0 spiro atoms. The molecule has 1 fully saturated rings. The summed E-state index contributed by atoms with van der Waals surface area (Å²) in [6.07, 6.45) is -0.550. The standard InChI is InChI=1S/C14H21NO3/c1-10-9-18-8-7-15(10)12-5-4-6-13(17-3)14(12)11(2)16/h4-6,10-11,16H,7-9H2,1-3H3/t10?,11-/m0/s1. The molecule has 1 heterocycles. The highest BCUT2D eigenvalue weighted by molar-refractivity contribution is 5.61. The largest absolute Gasteiger partial charge is 0.496 e. The maximum absolute atomic E-state index is 10.00. The summed E-state index contributed by atoms with van der Waals surface area (Å²) in [5.74, 6) is 0.737. The number of benzene rings is 1. The van der Waals surface area contributed by atoms with Crippen LogP contribution in [0.4, 0.5) is 5.69 Å². The van der Waals surface area contributed by atoms with E-state index in [2.05, 4.69) is 11.8 Å². The Hall–Kier alpha value is -1.26. The van der Waals surface area contributed by atoms with Gasteiger partial charge >= 0.3 is 0 Å². The zero-order valence-electron chi connectivity index (χ0n) is 11.2. The van der Waals surface area contributed by atoms with Crippen LogP contribution in [-0.2, 0) is 4.74 Å². The first kappa shape index (κ1) is 13.2. The number of anilines is 1. The molecule has 1 aliphatic rings. The zero-order chi connectivity index (χ0) is 13.1. The molecule has 0 amide bonds. The van der Waals surface area contributed by atoms with Crippen molar-refractivity contribution >= 4 is 5.69 Å². The molecule has 1 aromatic rings. The van der Waals surface area contributed by atoms with E-state index in [-0.39, 0.29) is 0 Å². The fraction of sp³-hybridized carbons (Fsp3) is 0.571. The number of hydrogen-bond acceptors (Lipinski definition) is 4. The van der Waals surface area contributed by atoms with E-state index in [0.717, 1.165) is 36.8 Å². The van der Waals surface area contributed by atoms with E-state index < -0.39 is 6.10 Å². The first-order chi connectivity index (χ1) is 8.65. The fourth-order valence-corrected chi connectivity index (χ4v) is 2.47. The average Bonchev–Trinajstić information content (AvgIpc) is 2.38. The third-order valence-electron chi connectivity index (χ3n) is 3.36. The lowest BCUT2D eigenvalue weighted by atomic mass is 10.0. The molecule has 1 saturated heterocycles. The highest BCUT2D eigenvalue weighted by Crippen LogP contribution is 2.35. The van der Waals surface area contributed by atoms with Crippen LogP contribution in [-0.4, -0.2) is 38.0 Å². The number of hydrogen-bond donors (Lipinski definition) is 1. The van der Waals surface area contributed by atoms with Gasteiger partial charge in [-0.1, -0.05) is 6.07 Å². The Labute approximate surface area is 108 Å². The van der Waals surface area contributed by atoms with Crippen molar-refractivity contribution in [2.75, 3.05) is 31.8 Å². The second-order valence-corrected chi connectivity index (χ2v) is 4.69. The summed E-state index contributed by atoms with van der Waals surface area (Å²) in [5, 5.41) is 10.00. The highest BCUT2D eigenvalue weighted by Gasteiger charge is 2.24. The van der Waals surface area contributed by atoms with Crippen LogP contribution in [0.15, 0.2) is 18.2 Å². The minimum absolute atomic E-state index is 0.309. The molecule has 100 valence electrons. The molecule has 4 heteroatoms. The summed E-state index contributed by atoms with van der Waals surface area (Å²) < 4.78 is 10.8. The Morgan fingerprint density at radius 3 is 2.89 bits per heavy atom. The summed E-state index contributed by atoms with van der Waals surface area (Å²) in [6, 6.07) is 6.19. The first-order valence-corrected chi connectivity index (χ1v) is 6.34. The Morgan fingerprint density at radius 2 is 2.28 bits per heavy atom. The maximum Gasteiger partial charge on any atom is 0.126 e. The number of morpholine rings is 1. The lowest BCUT2D eigenvalue weighted by molar-refractivity contribution is 0.0983. The molecule has 0 aliphatic carbocycles. The van der Waals surface area contributed by atoms with Gasteiger partial charge in [0.05, 0.1) is 26.4 Å². The molecule has 0 radical (unpaired) electrons. The summed E-state index contributed by atoms with van der Waals surface area (Å²) in [7, 11) is 1.63. The van der Waals surface area contributed by atoms with Crippen molar-refractivity contribution in [1.29, 1.82) is 0 Å². The van der Waals surface area contributed by atoms with Crippen molar-refractivity contribution in [1.82, 2.24) is 0 Å². The van der Waals surface area contributed by atoms with Gasteiger partial charge in [-0.05, 0) is 26.0 Å². The van der Waals surface area contributed by atoms with Crippen molar-refractivity contribution < 1.29 is 14.6 Å². The van der Waals surface area contributed by atoms with E-state index in [1.54, 1.807) is 14.0 Å². The van der Waals surface area contributed by atoms with Crippen LogP contribution in [0, 0.1) is 0 Å². The Bertz CT molecular complexity index is 406. The molecule has 2 rings (SSSR count). The van der Waals surface area contributed by atoms with Crippen LogP contribution < -0.4 is 9.64 Å². The number of aliphatic hydroxyl groups is 1. The van der Waals surface area contributed by atoms with Gasteiger partial charge in [-0.15, -0.1) is 0 Å². The fourth-order valence-electron chi connectivity index (χ4n) is 2.47. The molecular weight excluding hydrogens is 230 g/mol. The van der Waals surface area contributed by atoms with E-state index in [4.69, 9.17) is 9.47 Å². The lowest BCUT2D eigenvalue weighted by Gasteiger charge is -2.37. The van der Waals surface area contributed by atoms with Crippen LogP contribution in [0.2, 0.25) is 0 Å². The van der Waals surface area contributed by atoms with Gasteiger partial charge in [0.25, 0.3) is 0 Å². The lowest BCUT2D eigenvalue weighted by Crippen LogP contribution is -2.44. The van der Waals surface area contributed by atoms with Gasteiger partial charge < -0.3 is 19.5 Å². The van der Waals surface area contributed by atoms with Crippen LogP contribution in [0.5, 0.6) is 5.75 Å². The Morgan fingerprint density at radius 1 is 1.50 bits per heavy atom. The molecule has 1 aliphatic heterocycles. The third kappa shape index (κ3) is 2.44. The zero-order valence-corrected chi connectivity index (χ0v) is 11.2. The smallest absolute Gasteiger partial charge is 0.126 e. The predicted molar refractivity (Wildman–Crippen MR) is 71.3 cm³/mol. The summed E-state index contributed by atoms with van der Waals surface area (Å²) in [5.41, 5.74) is 1.90. The molecular formula is C14H21NO3. The second kappa shape index (κ2) is 5.59. The van der Waals surface area contributed by atoms with Gasteiger partial charge in [0.2, 0.25) is 0 Å². The molecule has 1 unspecified atom stereocenters. The quantitative estimate of drug-likeness (QED) is 0.892. The van der Waals surface area contributed by atoms with E-state index in [1.807, 2.05) is 18.2 Å². The molecule has 0 bridgehead atoms. The van der Waals surface area contributed by atoms with Crippen LogP contribution >= 0.6 is 0 Å². The Balaban J connectivity index is 2.42. The van der Waals surface area contributed by atoms with Gasteiger partial charge in [-0.3, -0.25) is 0 Å². The van der Waals surface area contributed by atoms with E-state index in [9.17, 15) is 5.11 Å². The highest BCUT2D eigenvalue weighted by atomic mass is 16.5. The number of methoxy groups -OCH3 is 1. The van der Waals surface area contributed by atoms with Gasteiger partial charge in [-0.2, -0.15) is 0 Å². The van der Waals surface area contributed by atoms with E-state index >= 15 is 0 Å². The predicted octanol–water partition coefficient (Wildman–Crippen LogP) is 1.97. The van der Waals surface area contributed by atoms with Crippen molar-refractivity contribution in [3.8, 4) is 5.75 Å². The first-order valence-electron chi connectivity index (χ1n) is 6.34. The van der Waals surface area contributed by atoms with Gasteiger partial charge in [0.15, 0.2) is 0 Å². The molecule has 4 nitrogen and oxygen atoms in total. The van der Waals surface area contributed by atoms with Gasteiger partial charge in [-0.25, -0.2) is 0 Å². The van der Waals surface area contributed by atoms with E-state index in [1.165, 1.54) is 0 Å². The molecule has 18 heavy (non-hydrogen) atoms. The molecule has 2 atom stereocenters. The van der Waals surface area contributed by atoms with Gasteiger partial charge in [0, 0.05) is 23.8 Å². The number of rotatable bonds is 3. The molecule has 1 aromatic carbocycles. The van der Waals surface area contributed by atoms with Crippen LogP contribution in [0.1, 0.15) is 25.5 Å². The Kier molecular flexibility index (Phi) is 4.09. The summed E-state index contributed by atoms with van der Waals surface area (Å²) >= 11 is 0. The monoisotopic (exact) mass is 251 g/mol. The van der Waals surface area contributed by atoms with Crippen molar-refractivity contribution in [2.45, 2.75) is 26.0 Å². The second-order valence-electron chi connectivity index (χ2n) is 4.69. The minimum Gasteiger partial charge on any atom is -0.496 e. The SMILES string of the molecule is COc1cccc(N2CCOCC2C)c1[C@H](C)O. The third-order valence-corrected chi connectivity index (χ3v) is 3.36. The molecule has 0 saturated carbocycles. The number of nitrogens with zero attached hydrogens (tertiary/aromatic N) is 1. The summed E-state index contributed by atoms with van der Waals surface area (Å²) in [6.45, 7) is 6.18. The van der Waals surface area contributed by atoms with Crippen molar-refractivity contribution in [3.05, 3.63) is 23.8 Å². The average molecular weight is 251 g/mol. The number of ether oxygens (including phenoxy) is 2. The topological polar surface area (TPSA) is 41.9 Å². The number of aliphatic hydroxyl groups excluding tert-OH is 1. The molecule has 1 N–H and O–H groups in total. The normalized spacial score (nSPS) is 21.8. The van der Waals surface area contributed by atoms with E-state index in [0.29, 0.717) is 6.04 Å².